The van der Waals surface area contributed by atoms with Crippen molar-refractivity contribution in [2.45, 2.75) is 33.1 Å². The highest BCUT2D eigenvalue weighted by Crippen LogP contribution is 2.20. The molecule has 2 rings (SSSR count). The van der Waals surface area contributed by atoms with Crippen LogP contribution in [0.15, 0.2) is 48.5 Å². The number of ether oxygens (including phenoxy) is 1. The summed E-state index contributed by atoms with van der Waals surface area (Å²) >= 11 is 0. The summed E-state index contributed by atoms with van der Waals surface area (Å²) in [6, 6.07) is 15.6. The van der Waals surface area contributed by atoms with Gasteiger partial charge in [0.1, 0.15) is 0 Å². The SMILES string of the molecule is Cc1cccc(C)c1NC(=O)COC(=O)C[C@@H](C)c1ccccc1. The van der Waals surface area contributed by atoms with Gasteiger partial charge in [-0.3, -0.25) is 9.59 Å². The Bertz CT molecular complexity index is 690. The fourth-order valence-electron chi connectivity index (χ4n) is 2.54. The number of carbonyl (C=O) groups excluding carboxylic acids is 2. The number of carbonyl (C=O) groups is 2. The van der Waals surface area contributed by atoms with E-state index in [1.807, 2.05) is 69.3 Å². The Morgan fingerprint density at radius 1 is 1.00 bits per heavy atom. The molecule has 0 radical (unpaired) electrons. The van der Waals surface area contributed by atoms with Crippen molar-refractivity contribution in [1.82, 2.24) is 0 Å². The third-order valence-corrected chi connectivity index (χ3v) is 3.95. The zero-order chi connectivity index (χ0) is 17.5. The highest BCUT2D eigenvalue weighted by Gasteiger charge is 2.14. The Morgan fingerprint density at radius 3 is 2.25 bits per heavy atom. The second-order valence-electron chi connectivity index (χ2n) is 5.99. The molecule has 0 bridgehead atoms. The Labute approximate surface area is 142 Å². The second-order valence-corrected chi connectivity index (χ2v) is 5.99. The van der Waals surface area contributed by atoms with Gasteiger partial charge in [-0.2, -0.15) is 0 Å². The van der Waals surface area contributed by atoms with Crippen LogP contribution in [0.25, 0.3) is 0 Å². The fraction of sp³-hybridized carbons (Fsp3) is 0.300. The minimum atomic E-state index is -0.372. The van der Waals surface area contributed by atoms with E-state index >= 15 is 0 Å². The van der Waals surface area contributed by atoms with E-state index in [0.29, 0.717) is 0 Å². The summed E-state index contributed by atoms with van der Waals surface area (Å²) in [7, 11) is 0. The maximum Gasteiger partial charge on any atom is 0.306 e. The first kappa shape index (κ1) is 17.7. The lowest BCUT2D eigenvalue weighted by atomic mass is 9.98. The van der Waals surface area contributed by atoms with Crippen molar-refractivity contribution >= 4 is 17.6 Å². The maximum absolute atomic E-state index is 12.0. The summed E-state index contributed by atoms with van der Waals surface area (Å²) in [5, 5.41) is 2.80. The lowest BCUT2D eigenvalue weighted by molar-refractivity contribution is -0.147. The van der Waals surface area contributed by atoms with Crippen molar-refractivity contribution in [3.8, 4) is 0 Å². The molecule has 0 aliphatic heterocycles. The highest BCUT2D eigenvalue weighted by molar-refractivity contribution is 5.94. The normalized spacial score (nSPS) is 11.6. The molecule has 1 atom stereocenters. The Balaban J connectivity index is 1.82. The van der Waals surface area contributed by atoms with Crippen LogP contribution in [0.5, 0.6) is 0 Å². The van der Waals surface area contributed by atoms with Crippen LogP contribution in [0, 0.1) is 13.8 Å². The van der Waals surface area contributed by atoms with Crippen LogP contribution in [0.4, 0.5) is 5.69 Å². The minimum Gasteiger partial charge on any atom is -0.456 e. The third-order valence-electron chi connectivity index (χ3n) is 3.95. The van der Waals surface area contributed by atoms with Gasteiger partial charge in [0.25, 0.3) is 5.91 Å². The average molecular weight is 325 g/mol. The molecule has 0 aliphatic carbocycles. The van der Waals surface area contributed by atoms with Crippen molar-refractivity contribution in [1.29, 1.82) is 0 Å². The van der Waals surface area contributed by atoms with Gasteiger partial charge in [0.15, 0.2) is 6.61 Å². The molecule has 0 heterocycles. The molecule has 4 heteroatoms. The van der Waals surface area contributed by atoms with Crippen molar-refractivity contribution in [3.05, 3.63) is 65.2 Å². The molecule has 126 valence electrons. The largest absolute Gasteiger partial charge is 0.456 e. The van der Waals surface area contributed by atoms with Crippen LogP contribution in [0.3, 0.4) is 0 Å². The summed E-state index contributed by atoms with van der Waals surface area (Å²) in [5.41, 5.74) is 3.81. The standard InChI is InChI=1S/C20H23NO3/c1-14-8-7-9-15(2)20(14)21-18(22)13-24-19(23)12-16(3)17-10-5-4-6-11-17/h4-11,16H,12-13H2,1-3H3,(H,21,22)/t16-/m1/s1. The second kappa shape index (κ2) is 8.29. The van der Waals surface area contributed by atoms with E-state index in [1.165, 1.54) is 0 Å². The van der Waals surface area contributed by atoms with Gasteiger partial charge in [-0.15, -0.1) is 0 Å². The lowest BCUT2D eigenvalue weighted by Crippen LogP contribution is -2.22. The number of anilines is 1. The highest BCUT2D eigenvalue weighted by atomic mass is 16.5. The zero-order valence-corrected chi connectivity index (χ0v) is 14.3. The molecule has 2 aromatic rings. The molecule has 4 nitrogen and oxygen atoms in total. The Hall–Kier alpha value is -2.62. The van der Waals surface area contributed by atoms with E-state index in [0.717, 1.165) is 22.4 Å². The zero-order valence-electron chi connectivity index (χ0n) is 14.3. The van der Waals surface area contributed by atoms with E-state index in [4.69, 9.17) is 4.74 Å². The van der Waals surface area contributed by atoms with E-state index in [9.17, 15) is 9.59 Å². The molecular formula is C20H23NO3. The summed E-state index contributed by atoms with van der Waals surface area (Å²) in [5.74, 6) is -0.642. The predicted octanol–water partition coefficient (Wildman–Crippen LogP) is 3.98. The number of rotatable bonds is 6. The van der Waals surface area contributed by atoms with Crippen LogP contribution < -0.4 is 5.32 Å². The molecule has 0 saturated heterocycles. The quantitative estimate of drug-likeness (QED) is 0.817. The van der Waals surface area contributed by atoms with Crippen LogP contribution >= 0.6 is 0 Å². The molecule has 0 fully saturated rings. The van der Waals surface area contributed by atoms with Gasteiger partial charge >= 0.3 is 5.97 Å². The number of benzene rings is 2. The first-order chi connectivity index (χ1) is 11.5. The molecule has 1 N–H and O–H groups in total. The van der Waals surface area contributed by atoms with Crippen LogP contribution in [-0.2, 0) is 14.3 Å². The lowest BCUT2D eigenvalue weighted by Gasteiger charge is -2.13. The summed E-state index contributed by atoms with van der Waals surface area (Å²) in [6.07, 6.45) is 0.251. The van der Waals surface area contributed by atoms with Gasteiger partial charge in [0, 0.05) is 5.69 Å². The fourth-order valence-corrected chi connectivity index (χ4v) is 2.54. The molecule has 0 spiro atoms. The minimum absolute atomic E-state index is 0.0559. The maximum atomic E-state index is 12.0. The molecule has 0 aliphatic rings. The summed E-state index contributed by atoms with van der Waals surface area (Å²) < 4.78 is 5.10. The van der Waals surface area contributed by atoms with Crippen LogP contribution in [0.1, 0.15) is 36.0 Å². The van der Waals surface area contributed by atoms with Crippen molar-refractivity contribution in [3.63, 3.8) is 0 Å². The van der Waals surface area contributed by atoms with Crippen molar-refractivity contribution in [2.24, 2.45) is 0 Å². The third kappa shape index (κ3) is 4.95. The predicted molar refractivity (Wildman–Crippen MR) is 95.0 cm³/mol. The van der Waals surface area contributed by atoms with Gasteiger partial charge in [0.2, 0.25) is 0 Å². The van der Waals surface area contributed by atoms with E-state index < -0.39 is 0 Å². The molecular weight excluding hydrogens is 302 g/mol. The summed E-state index contributed by atoms with van der Waals surface area (Å²) in [4.78, 5) is 23.9. The van der Waals surface area contributed by atoms with Gasteiger partial charge < -0.3 is 10.1 Å². The number of amides is 1. The number of hydrogen-bond acceptors (Lipinski definition) is 3. The first-order valence-corrected chi connectivity index (χ1v) is 8.04. The number of para-hydroxylation sites is 1. The monoisotopic (exact) mass is 325 g/mol. The van der Waals surface area contributed by atoms with Gasteiger partial charge in [-0.05, 0) is 36.5 Å². The number of nitrogens with one attached hydrogen (secondary N) is 1. The topological polar surface area (TPSA) is 55.4 Å². The molecule has 24 heavy (non-hydrogen) atoms. The Morgan fingerprint density at radius 2 is 1.62 bits per heavy atom. The molecule has 1 amide bonds. The number of aryl methyl sites for hydroxylation is 2. The molecule has 0 aromatic heterocycles. The first-order valence-electron chi connectivity index (χ1n) is 8.04. The van der Waals surface area contributed by atoms with E-state index in [1.54, 1.807) is 0 Å². The number of hydrogen-bond donors (Lipinski definition) is 1. The van der Waals surface area contributed by atoms with Crippen LogP contribution in [0.2, 0.25) is 0 Å². The van der Waals surface area contributed by atoms with Gasteiger partial charge in [0.05, 0.1) is 6.42 Å². The molecule has 0 unspecified atom stereocenters. The van der Waals surface area contributed by atoms with Crippen molar-refractivity contribution in [2.75, 3.05) is 11.9 Å². The number of esters is 1. The van der Waals surface area contributed by atoms with Gasteiger partial charge in [-0.1, -0.05) is 55.5 Å². The Kier molecular flexibility index (Phi) is 6.13. The van der Waals surface area contributed by atoms with Gasteiger partial charge in [-0.25, -0.2) is 0 Å². The molecule has 0 saturated carbocycles. The molecule has 2 aromatic carbocycles. The summed E-state index contributed by atoms with van der Waals surface area (Å²) in [6.45, 7) is 5.55. The average Bonchev–Trinajstić information content (AvgIpc) is 2.57. The van der Waals surface area contributed by atoms with E-state index in [-0.39, 0.29) is 30.8 Å². The van der Waals surface area contributed by atoms with Crippen molar-refractivity contribution < 1.29 is 14.3 Å². The van der Waals surface area contributed by atoms with Crippen LogP contribution in [-0.4, -0.2) is 18.5 Å². The van der Waals surface area contributed by atoms with E-state index in [2.05, 4.69) is 5.32 Å². The smallest absolute Gasteiger partial charge is 0.306 e.